The van der Waals surface area contributed by atoms with Gasteiger partial charge in [-0.2, -0.15) is 0 Å². The fourth-order valence-corrected chi connectivity index (χ4v) is 16.2. The minimum Gasteiger partial charge on any atom is 1.00 e. The van der Waals surface area contributed by atoms with Gasteiger partial charge in [0, 0.05) is 5.56 Å². The van der Waals surface area contributed by atoms with Crippen LogP contribution in [0.3, 0.4) is 0 Å². The Morgan fingerprint density at radius 1 is 0.459 bits per heavy atom. The third-order valence-electron chi connectivity index (χ3n) is 10.3. The summed E-state index contributed by atoms with van der Waals surface area (Å²) in [6.07, 6.45) is 1.45. The largest absolute Gasteiger partial charge is 1.00 e. The maximum atomic E-state index is 13.6. The van der Waals surface area contributed by atoms with Gasteiger partial charge in [-0.05, 0) is 28.6 Å². The first-order valence-corrected chi connectivity index (χ1v) is 23.4. The number of Topliss-reactive ketones (excluding diaryl/α,β-unsaturated/α-hetero) is 2. The molecule has 0 saturated heterocycles. The third-order valence-corrected chi connectivity index (χ3v) is 19.5. The number of rotatable bonds is 13. The van der Waals surface area contributed by atoms with Crippen LogP contribution in [0.4, 0.5) is 0 Å². The molecule has 8 rings (SSSR count). The van der Waals surface area contributed by atoms with Gasteiger partial charge in [-0.25, -0.2) is 0 Å². The normalized spacial score (nSPS) is 11.4. The summed E-state index contributed by atoms with van der Waals surface area (Å²) in [6.45, 7) is -6.73. The number of ketones is 2. The Kier molecular flexibility index (Phi) is 14.7. The molecule has 0 aliphatic heterocycles. The van der Waals surface area contributed by atoms with Gasteiger partial charge >= 0.3 is 209 Å². The van der Waals surface area contributed by atoms with Crippen molar-refractivity contribution < 1.29 is 41.7 Å². The van der Waals surface area contributed by atoms with Crippen molar-refractivity contribution in [2.75, 3.05) is 0 Å². The van der Waals surface area contributed by atoms with E-state index >= 15 is 0 Å². The Bertz CT molecular complexity index is 2510. The molecule has 0 spiro atoms. The molecule has 0 bridgehead atoms. The quantitative estimate of drug-likeness (QED) is 0.0288. The summed E-state index contributed by atoms with van der Waals surface area (Å²) in [5, 5.41) is 16.6. The zero-order chi connectivity index (χ0) is 41.7. The first kappa shape index (κ1) is 44.2. The van der Waals surface area contributed by atoms with Crippen LogP contribution in [0.15, 0.2) is 243 Å². The van der Waals surface area contributed by atoms with Crippen molar-refractivity contribution in [1.82, 2.24) is 0 Å². The monoisotopic (exact) mass is 929 g/mol. The first-order chi connectivity index (χ1) is 29.4. The third kappa shape index (κ3) is 9.21. The number of hydrogen-bond acceptors (Lipinski definition) is 5. The van der Waals surface area contributed by atoms with Gasteiger partial charge < -0.3 is 0 Å². The van der Waals surface area contributed by atoms with Gasteiger partial charge in [-0.1, -0.05) is 121 Å². The van der Waals surface area contributed by atoms with E-state index in [9.17, 15) is 19.7 Å². The molecule has 6 nitrogen and oxygen atoms in total. The van der Waals surface area contributed by atoms with Crippen molar-refractivity contribution in [3.05, 3.63) is 270 Å². The zero-order valence-electron chi connectivity index (χ0n) is 32.9. The molecule has 0 N–H and O–H groups in total. The average Bonchev–Trinajstić information content (AvgIpc) is 3.33. The Labute approximate surface area is 372 Å². The maximum Gasteiger partial charge on any atom is 1.00 e. The Balaban J connectivity index is 0.000000202. The van der Waals surface area contributed by atoms with Crippen molar-refractivity contribution >= 4 is 62.9 Å². The number of carbonyl (C=O) groups excluding carboxylic acids is 2. The van der Waals surface area contributed by atoms with E-state index in [1.807, 2.05) is 78.6 Å². The van der Waals surface area contributed by atoms with Crippen LogP contribution in [-0.4, -0.2) is 22.4 Å². The second-order valence-corrected chi connectivity index (χ2v) is 21.3. The van der Waals surface area contributed by atoms with Crippen molar-refractivity contribution in [3.8, 4) is 0 Å². The molecule has 0 aliphatic rings. The molecule has 0 atom stereocenters. The van der Waals surface area contributed by atoms with E-state index in [-0.39, 0.29) is 33.9 Å². The molecule has 61 heavy (non-hydrogen) atoms. The van der Waals surface area contributed by atoms with Crippen LogP contribution in [0.25, 0.3) is 0 Å². The van der Waals surface area contributed by atoms with Gasteiger partial charge in [0.2, 0.25) is 0 Å². The van der Waals surface area contributed by atoms with E-state index in [0.717, 1.165) is 5.56 Å². The molecule has 0 heterocycles. The van der Waals surface area contributed by atoms with E-state index in [0.29, 0.717) is 21.5 Å². The molecule has 0 saturated carbocycles. The summed E-state index contributed by atoms with van der Waals surface area (Å²) in [7, 11) is 0. The van der Waals surface area contributed by atoms with Crippen LogP contribution < -0.4 is 31.8 Å². The minimum absolute atomic E-state index is 0. The summed E-state index contributed by atoms with van der Waals surface area (Å²) in [5.74, 6) is 1.69. The van der Waals surface area contributed by atoms with E-state index < -0.39 is 18.8 Å². The fraction of sp³-hybridized carbons (Fsp3) is 0. The first-order valence-electron chi connectivity index (χ1n) is 19.4. The standard InChI is InChI=1S/C26H21NO4P.C26H21OP.Ag/c28-26(22-13-5-1-6-14-22)21-32(31-27(29)30,23-15-7-2-8-16-23,24-17-9-3-10-18-24)25-19-11-4-12-20-25;27-26(22-13-5-1-6-14-22)21-28(23-15-7-2-8-16-23,24-17-9-3-10-18-24)25-19-11-4-12-20-25;/h1-21H;1-21H;/q-1;;+1. The van der Waals surface area contributed by atoms with Gasteiger partial charge in [0.1, 0.15) is 0 Å². The SMILES string of the molecule is O=C(C=P(c1ccccc1)(c1ccccc1)c1ccccc1)c1ccccc1.O=C([CH-]P(O[N+](=O)[O-])(c1ccccc1)(c1ccccc1)c1ccccc1)c1ccccc1.[Ag+]. The molecule has 0 fully saturated rings. The molecular weight excluding hydrogens is 888 g/mol. The van der Waals surface area contributed by atoms with Crippen molar-refractivity contribution in [2.24, 2.45) is 0 Å². The zero-order valence-corrected chi connectivity index (χ0v) is 36.2. The topological polar surface area (TPSA) is 86.5 Å². The van der Waals surface area contributed by atoms with Crippen LogP contribution in [0, 0.1) is 16.3 Å². The Hall–Kier alpha value is -6.36. The number of benzene rings is 8. The molecule has 9 heteroatoms. The van der Waals surface area contributed by atoms with Crippen LogP contribution in [0.5, 0.6) is 0 Å². The predicted molar refractivity (Wildman–Crippen MR) is 250 cm³/mol. The second-order valence-electron chi connectivity index (χ2n) is 13.9. The van der Waals surface area contributed by atoms with Gasteiger partial charge in [0.05, 0.1) is 0 Å². The molecule has 8 aromatic carbocycles. The minimum atomic E-state index is -4.48. The van der Waals surface area contributed by atoms with Gasteiger partial charge in [-0.3, -0.25) is 4.79 Å². The maximum absolute atomic E-state index is 13.6. The summed E-state index contributed by atoms with van der Waals surface area (Å²) >= 11 is 0. The van der Waals surface area contributed by atoms with Gasteiger partial charge in [0.15, 0.2) is 5.78 Å². The van der Waals surface area contributed by atoms with E-state index in [1.54, 1.807) is 97.1 Å². The van der Waals surface area contributed by atoms with Crippen LogP contribution >= 0.6 is 13.7 Å². The molecule has 306 valence electrons. The summed E-state index contributed by atoms with van der Waals surface area (Å²) < 4.78 is 5.85. The van der Waals surface area contributed by atoms with Crippen molar-refractivity contribution in [2.45, 2.75) is 0 Å². The van der Waals surface area contributed by atoms with Gasteiger partial charge in [-0.15, -0.1) is 0 Å². The molecule has 8 aromatic rings. The number of carbonyl (C=O) groups is 2. The second kappa shape index (κ2) is 20.3. The molecule has 0 aliphatic carbocycles. The number of nitrogens with zero attached hydrogens (tertiary/aromatic N) is 1. The van der Waals surface area contributed by atoms with Gasteiger partial charge in [0.25, 0.3) is 0 Å². The molecular formula is C52H42AgNO5P2. The summed E-state index contributed by atoms with van der Waals surface area (Å²) in [5.41, 5.74) is 1.14. The Morgan fingerprint density at radius 3 is 1.05 bits per heavy atom. The van der Waals surface area contributed by atoms with E-state index in [4.69, 9.17) is 4.62 Å². The number of hydrogen-bond donors (Lipinski definition) is 0. The molecule has 0 amide bonds. The van der Waals surface area contributed by atoms with E-state index in [2.05, 4.69) is 72.8 Å². The smallest absolute Gasteiger partial charge is 1.00 e. The molecule has 0 radical (unpaired) electrons. The molecule has 0 aromatic heterocycles. The van der Waals surface area contributed by atoms with E-state index in [1.165, 1.54) is 22.1 Å². The average molecular weight is 931 g/mol. The Morgan fingerprint density at radius 2 is 0.738 bits per heavy atom. The summed E-state index contributed by atoms with van der Waals surface area (Å²) in [4.78, 5) is 39.1. The van der Waals surface area contributed by atoms with Crippen molar-refractivity contribution in [3.63, 3.8) is 0 Å². The summed E-state index contributed by atoms with van der Waals surface area (Å²) in [6, 6.07) is 76.5. The van der Waals surface area contributed by atoms with Crippen molar-refractivity contribution in [1.29, 1.82) is 0 Å². The molecule has 0 unspecified atom stereocenters. The fourth-order valence-electron chi connectivity index (χ4n) is 7.56. The van der Waals surface area contributed by atoms with Crippen LogP contribution in [0.1, 0.15) is 20.7 Å². The van der Waals surface area contributed by atoms with Crippen LogP contribution in [-0.2, 0) is 27.0 Å². The predicted octanol–water partition coefficient (Wildman–Crippen LogP) is 9.35. The van der Waals surface area contributed by atoms with Crippen LogP contribution in [0.2, 0.25) is 0 Å².